The van der Waals surface area contributed by atoms with Crippen LogP contribution in [0.4, 0.5) is 4.79 Å². The molecular formula is C12H19NO5. The highest BCUT2D eigenvalue weighted by Gasteiger charge is 2.39. The summed E-state index contributed by atoms with van der Waals surface area (Å²) >= 11 is 0. The average molecular weight is 257 g/mol. The molecule has 0 saturated carbocycles. The van der Waals surface area contributed by atoms with Gasteiger partial charge in [0.15, 0.2) is 0 Å². The zero-order valence-corrected chi connectivity index (χ0v) is 10.7. The van der Waals surface area contributed by atoms with E-state index in [0.717, 1.165) is 19.3 Å². The number of carbonyl (C=O) groups excluding carboxylic acids is 2. The summed E-state index contributed by atoms with van der Waals surface area (Å²) in [7, 11) is 0. The third-order valence-electron chi connectivity index (χ3n) is 3.37. The lowest BCUT2D eigenvalue weighted by Crippen LogP contribution is -2.39. The summed E-state index contributed by atoms with van der Waals surface area (Å²) in [5.41, 5.74) is 0. The molecule has 0 aliphatic carbocycles. The normalized spacial score (nSPS) is 32.8. The number of amides is 1. The molecule has 6 heteroatoms. The molecule has 2 heterocycles. The molecule has 1 amide bonds. The summed E-state index contributed by atoms with van der Waals surface area (Å²) in [5, 5.41) is 2.72. The minimum absolute atomic E-state index is 0.0499. The molecule has 2 saturated heterocycles. The number of hydrogen-bond acceptors (Lipinski definition) is 5. The van der Waals surface area contributed by atoms with Crippen molar-refractivity contribution >= 4 is 12.1 Å². The first-order valence-electron chi connectivity index (χ1n) is 6.36. The van der Waals surface area contributed by atoms with Crippen LogP contribution in [0, 0.1) is 0 Å². The van der Waals surface area contributed by atoms with Gasteiger partial charge in [-0.05, 0) is 19.3 Å². The summed E-state index contributed by atoms with van der Waals surface area (Å²) < 4.78 is 16.0. The summed E-state index contributed by atoms with van der Waals surface area (Å²) in [6.07, 6.45) is 1.68. The predicted octanol–water partition coefficient (Wildman–Crippen LogP) is 0.984. The van der Waals surface area contributed by atoms with Crippen molar-refractivity contribution in [3.63, 3.8) is 0 Å². The lowest BCUT2D eigenvalue weighted by Gasteiger charge is -2.23. The van der Waals surface area contributed by atoms with E-state index < -0.39 is 0 Å². The quantitative estimate of drug-likeness (QED) is 0.760. The van der Waals surface area contributed by atoms with Crippen LogP contribution in [0.15, 0.2) is 0 Å². The summed E-state index contributed by atoms with van der Waals surface area (Å²) in [6, 6.07) is -0.0858. The van der Waals surface area contributed by atoms with Gasteiger partial charge in [-0.3, -0.25) is 4.79 Å². The Morgan fingerprint density at radius 2 is 2.33 bits per heavy atom. The number of ether oxygens (including phenoxy) is 3. The minimum atomic E-state index is -0.390. The number of cyclic esters (lactones) is 1. The van der Waals surface area contributed by atoms with E-state index in [1.165, 1.54) is 6.92 Å². The van der Waals surface area contributed by atoms with Gasteiger partial charge in [0.2, 0.25) is 0 Å². The van der Waals surface area contributed by atoms with E-state index in [1.807, 2.05) is 6.92 Å². The minimum Gasteiger partial charge on any atom is -0.460 e. The summed E-state index contributed by atoms with van der Waals surface area (Å²) in [4.78, 5) is 22.0. The van der Waals surface area contributed by atoms with Gasteiger partial charge in [0.05, 0.1) is 18.2 Å². The van der Waals surface area contributed by atoms with Crippen molar-refractivity contribution in [2.75, 3.05) is 6.61 Å². The molecule has 4 atom stereocenters. The van der Waals surface area contributed by atoms with E-state index in [4.69, 9.17) is 14.2 Å². The number of esters is 1. The molecule has 2 fully saturated rings. The first-order chi connectivity index (χ1) is 8.60. The van der Waals surface area contributed by atoms with E-state index in [1.54, 1.807) is 0 Å². The number of alkyl carbamates (subject to hydrolysis) is 1. The maximum absolute atomic E-state index is 11.0. The molecule has 2 rings (SSSR count). The van der Waals surface area contributed by atoms with Crippen LogP contribution in [0.25, 0.3) is 0 Å². The highest BCUT2D eigenvalue weighted by Crippen LogP contribution is 2.28. The highest BCUT2D eigenvalue weighted by atomic mass is 16.6. The topological polar surface area (TPSA) is 73.9 Å². The lowest BCUT2D eigenvalue weighted by molar-refractivity contribution is -0.155. The fraction of sp³-hybridized carbons (Fsp3) is 0.833. The van der Waals surface area contributed by atoms with Crippen molar-refractivity contribution in [1.82, 2.24) is 5.32 Å². The molecule has 18 heavy (non-hydrogen) atoms. The van der Waals surface area contributed by atoms with Crippen LogP contribution in [0.3, 0.4) is 0 Å². The van der Waals surface area contributed by atoms with Crippen molar-refractivity contribution < 1.29 is 23.8 Å². The largest absolute Gasteiger partial charge is 0.460 e. The third-order valence-corrected chi connectivity index (χ3v) is 3.37. The zero-order valence-electron chi connectivity index (χ0n) is 10.7. The number of carbonyl (C=O) groups is 2. The second kappa shape index (κ2) is 5.56. The fourth-order valence-electron chi connectivity index (χ4n) is 2.49. The predicted molar refractivity (Wildman–Crippen MR) is 62.0 cm³/mol. The lowest BCUT2D eigenvalue weighted by atomic mass is 10.1. The van der Waals surface area contributed by atoms with Crippen LogP contribution in [-0.2, 0) is 19.0 Å². The van der Waals surface area contributed by atoms with Crippen LogP contribution in [0.1, 0.15) is 33.1 Å². The molecule has 0 spiro atoms. The van der Waals surface area contributed by atoms with Crippen LogP contribution in [0.2, 0.25) is 0 Å². The Kier molecular flexibility index (Phi) is 4.06. The van der Waals surface area contributed by atoms with Gasteiger partial charge >= 0.3 is 12.1 Å². The second-order valence-electron chi connectivity index (χ2n) is 4.70. The molecular weight excluding hydrogens is 238 g/mol. The van der Waals surface area contributed by atoms with Gasteiger partial charge in [-0.2, -0.15) is 0 Å². The van der Waals surface area contributed by atoms with Gasteiger partial charge in [0, 0.05) is 6.92 Å². The van der Waals surface area contributed by atoms with Crippen molar-refractivity contribution in [2.24, 2.45) is 0 Å². The van der Waals surface area contributed by atoms with E-state index in [0.29, 0.717) is 6.61 Å². The molecule has 2 aliphatic heterocycles. The van der Waals surface area contributed by atoms with Crippen molar-refractivity contribution in [1.29, 1.82) is 0 Å². The van der Waals surface area contributed by atoms with Crippen LogP contribution in [0.5, 0.6) is 0 Å². The van der Waals surface area contributed by atoms with Crippen LogP contribution >= 0.6 is 0 Å². The Bertz CT molecular complexity index is 332. The number of rotatable bonds is 4. The number of nitrogens with one attached hydrogen (secondary N) is 1. The van der Waals surface area contributed by atoms with Gasteiger partial charge < -0.3 is 19.5 Å². The van der Waals surface area contributed by atoms with E-state index in [-0.39, 0.29) is 36.4 Å². The molecule has 0 aromatic rings. The second-order valence-corrected chi connectivity index (χ2v) is 4.70. The van der Waals surface area contributed by atoms with Crippen molar-refractivity contribution in [3.05, 3.63) is 0 Å². The highest BCUT2D eigenvalue weighted by molar-refractivity contribution is 5.69. The van der Waals surface area contributed by atoms with Gasteiger partial charge in [0.25, 0.3) is 0 Å². The van der Waals surface area contributed by atoms with E-state index in [2.05, 4.69) is 5.32 Å². The Labute approximate surface area is 106 Å². The first kappa shape index (κ1) is 13.1. The molecule has 0 unspecified atom stereocenters. The van der Waals surface area contributed by atoms with Gasteiger partial charge in [-0.25, -0.2) is 4.79 Å². The Morgan fingerprint density at radius 3 is 2.89 bits per heavy atom. The summed E-state index contributed by atoms with van der Waals surface area (Å²) in [5.74, 6) is -0.286. The Hall–Kier alpha value is -1.30. The van der Waals surface area contributed by atoms with Gasteiger partial charge in [-0.1, -0.05) is 6.92 Å². The molecule has 0 radical (unpaired) electrons. The molecule has 0 aromatic heterocycles. The molecule has 6 nitrogen and oxygen atoms in total. The Balaban J connectivity index is 1.86. The summed E-state index contributed by atoms with van der Waals surface area (Å²) in [6.45, 7) is 3.71. The third kappa shape index (κ3) is 2.93. The molecule has 0 aromatic carbocycles. The molecule has 1 N–H and O–H groups in total. The maximum atomic E-state index is 11.0. The standard InChI is InChI=1S/C12H19NO5/c1-3-9(17-7(2)14)11-5-4-10(18-11)8-6-16-12(15)13-8/h8-11H,3-6H2,1-2H3,(H,13,15)/t8-,9+,10+,11-/m0/s1. The SMILES string of the molecule is CC[C@@H](OC(C)=O)[C@@H]1CC[C@H]([C@@H]2COC(=O)N2)O1. The average Bonchev–Trinajstić information content (AvgIpc) is 2.93. The first-order valence-corrected chi connectivity index (χ1v) is 6.36. The fourth-order valence-corrected chi connectivity index (χ4v) is 2.49. The Morgan fingerprint density at radius 1 is 1.56 bits per heavy atom. The molecule has 0 bridgehead atoms. The molecule has 102 valence electrons. The van der Waals surface area contributed by atoms with Gasteiger partial charge in [-0.15, -0.1) is 0 Å². The maximum Gasteiger partial charge on any atom is 0.407 e. The van der Waals surface area contributed by atoms with Crippen molar-refractivity contribution in [3.8, 4) is 0 Å². The van der Waals surface area contributed by atoms with Crippen molar-refractivity contribution in [2.45, 2.75) is 57.5 Å². The molecule has 2 aliphatic rings. The number of hydrogen-bond donors (Lipinski definition) is 1. The smallest absolute Gasteiger partial charge is 0.407 e. The van der Waals surface area contributed by atoms with E-state index in [9.17, 15) is 9.59 Å². The monoisotopic (exact) mass is 257 g/mol. The van der Waals surface area contributed by atoms with Gasteiger partial charge in [0.1, 0.15) is 12.7 Å². The van der Waals surface area contributed by atoms with Crippen LogP contribution in [-0.4, -0.2) is 43.0 Å². The van der Waals surface area contributed by atoms with Crippen LogP contribution < -0.4 is 5.32 Å². The van der Waals surface area contributed by atoms with E-state index >= 15 is 0 Å². The zero-order chi connectivity index (χ0) is 13.1.